The molecule has 0 rings (SSSR count). The van der Waals surface area contributed by atoms with Crippen LogP contribution in [0, 0.1) is 0 Å². The second kappa shape index (κ2) is 20.1. The van der Waals surface area contributed by atoms with E-state index in [4.69, 9.17) is 0 Å². The largest absolute Gasteiger partial charge is 0.239 e. The minimum absolute atomic E-state index is 1.17. The van der Waals surface area contributed by atoms with Crippen molar-refractivity contribution in [1.82, 2.24) is 0 Å². The van der Waals surface area contributed by atoms with E-state index in [1.165, 1.54) is 70.1 Å². The molecule has 23 heavy (non-hydrogen) atoms. The van der Waals surface area contributed by atoms with E-state index in [2.05, 4.69) is 24.1 Å². The Labute approximate surface area is 142 Å². The highest BCUT2D eigenvalue weighted by atomic mass is 16.1. The zero-order valence-electron chi connectivity index (χ0n) is 14.5. The second-order valence-electron chi connectivity index (χ2n) is 5.41. The molecule has 0 aliphatic carbocycles. The summed E-state index contributed by atoms with van der Waals surface area (Å²) in [5.41, 5.74) is 0. The molecular weight excluding hydrogens is 282 g/mol. The lowest BCUT2D eigenvalue weighted by atomic mass is 10.1. The Morgan fingerprint density at radius 2 is 1.22 bits per heavy atom. The molecule has 0 radical (unpaired) electrons. The summed E-state index contributed by atoms with van der Waals surface area (Å²) >= 11 is 0. The van der Waals surface area contributed by atoms with Gasteiger partial charge in [0.25, 0.3) is 0 Å². The van der Waals surface area contributed by atoms with Crippen LogP contribution in [-0.4, -0.2) is 6.08 Å². The highest BCUT2D eigenvalue weighted by Gasteiger charge is 1.89. The van der Waals surface area contributed by atoms with Crippen molar-refractivity contribution < 1.29 is 4.79 Å². The maximum atomic E-state index is 9.79. The molecule has 0 spiro atoms. The van der Waals surface area contributed by atoms with Gasteiger partial charge >= 0.3 is 0 Å². The fourth-order valence-corrected chi connectivity index (χ4v) is 2.08. The number of hydrogen-bond donors (Lipinski definition) is 0. The van der Waals surface area contributed by atoms with Crippen LogP contribution in [0.25, 0.3) is 0 Å². The Bertz CT molecular complexity index is 435. The number of allylic oxidation sites excluding steroid dienone is 9. The lowest BCUT2D eigenvalue weighted by Crippen LogP contribution is -1.79. The molecule has 0 aliphatic heterocycles. The first-order chi connectivity index (χ1) is 11.4. The average molecular weight is 313 g/mol. The molecule has 0 N–H and O–H groups in total. The molecule has 0 aliphatic rings. The van der Waals surface area contributed by atoms with Crippen LogP contribution >= 0.6 is 0 Å². The van der Waals surface area contributed by atoms with Crippen molar-refractivity contribution in [2.24, 2.45) is 4.99 Å². The summed E-state index contributed by atoms with van der Waals surface area (Å²) in [6.45, 7) is 2.26. The van der Waals surface area contributed by atoms with E-state index in [-0.39, 0.29) is 0 Å². The topological polar surface area (TPSA) is 29.4 Å². The van der Waals surface area contributed by atoms with E-state index in [0.717, 1.165) is 0 Å². The van der Waals surface area contributed by atoms with Gasteiger partial charge in [0.2, 0.25) is 6.08 Å². The first-order valence-electron chi connectivity index (χ1n) is 8.80. The molecule has 2 heteroatoms. The van der Waals surface area contributed by atoms with Gasteiger partial charge in [0.05, 0.1) is 0 Å². The summed E-state index contributed by atoms with van der Waals surface area (Å²) in [6, 6.07) is 0. The van der Waals surface area contributed by atoms with Gasteiger partial charge in [-0.1, -0.05) is 100 Å². The zero-order chi connectivity index (χ0) is 16.8. The third-order valence-corrected chi connectivity index (χ3v) is 3.35. The van der Waals surface area contributed by atoms with Crippen LogP contribution in [0.4, 0.5) is 0 Å². The van der Waals surface area contributed by atoms with Crippen molar-refractivity contribution in [3.05, 3.63) is 60.9 Å². The fourth-order valence-electron chi connectivity index (χ4n) is 2.08. The maximum absolute atomic E-state index is 9.79. The van der Waals surface area contributed by atoms with E-state index in [1.54, 1.807) is 6.08 Å². The lowest BCUT2D eigenvalue weighted by molar-refractivity contribution is 0.565. The van der Waals surface area contributed by atoms with Gasteiger partial charge in [0.15, 0.2) is 0 Å². The van der Waals surface area contributed by atoms with E-state index < -0.39 is 0 Å². The Balaban J connectivity index is 3.46. The zero-order valence-corrected chi connectivity index (χ0v) is 14.5. The SMILES string of the molecule is CCCCCCCCCCC=CC=CC=CC=CC=CN=C=O. The molecule has 0 atom stereocenters. The van der Waals surface area contributed by atoms with Crippen molar-refractivity contribution in [1.29, 1.82) is 0 Å². The van der Waals surface area contributed by atoms with Crippen molar-refractivity contribution >= 4 is 6.08 Å². The van der Waals surface area contributed by atoms with E-state index in [9.17, 15) is 4.79 Å². The Morgan fingerprint density at radius 3 is 1.83 bits per heavy atom. The highest BCUT2D eigenvalue weighted by Crippen LogP contribution is 2.09. The van der Waals surface area contributed by atoms with Crippen molar-refractivity contribution in [2.45, 2.75) is 64.7 Å². The third-order valence-electron chi connectivity index (χ3n) is 3.35. The monoisotopic (exact) mass is 313 g/mol. The number of carbonyl (C=O) groups excluding carboxylic acids is 1. The van der Waals surface area contributed by atoms with Crippen LogP contribution in [0.15, 0.2) is 65.9 Å². The van der Waals surface area contributed by atoms with Gasteiger partial charge in [0.1, 0.15) is 0 Å². The molecule has 2 nitrogen and oxygen atoms in total. The van der Waals surface area contributed by atoms with Gasteiger partial charge in [0, 0.05) is 6.20 Å². The summed E-state index contributed by atoms with van der Waals surface area (Å²) in [5.74, 6) is 0. The van der Waals surface area contributed by atoms with Gasteiger partial charge in [-0.15, -0.1) is 0 Å². The third kappa shape index (κ3) is 20.1. The molecule has 0 heterocycles. The first-order valence-corrected chi connectivity index (χ1v) is 8.80. The second-order valence-corrected chi connectivity index (χ2v) is 5.41. The molecular formula is C21H31NO. The van der Waals surface area contributed by atoms with E-state index in [0.29, 0.717) is 0 Å². The number of isocyanates is 1. The molecule has 126 valence electrons. The van der Waals surface area contributed by atoms with Gasteiger partial charge in [-0.2, -0.15) is 4.99 Å². The minimum Gasteiger partial charge on any atom is -0.211 e. The van der Waals surface area contributed by atoms with Gasteiger partial charge in [-0.3, -0.25) is 0 Å². The van der Waals surface area contributed by atoms with Gasteiger partial charge < -0.3 is 0 Å². The van der Waals surface area contributed by atoms with Crippen molar-refractivity contribution in [2.75, 3.05) is 0 Å². The number of unbranched alkanes of at least 4 members (excludes halogenated alkanes) is 8. The van der Waals surface area contributed by atoms with Crippen molar-refractivity contribution in [3.63, 3.8) is 0 Å². The summed E-state index contributed by atoms with van der Waals surface area (Å²) in [5, 5.41) is 0. The summed E-state index contributed by atoms with van der Waals surface area (Å²) in [4.78, 5) is 13.1. The van der Waals surface area contributed by atoms with E-state index >= 15 is 0 Å². The minimum atomic E-state index is 1.17. The average Bonchev–Trinajstić information content (AvgIpc) is 2.57. The smallest absolute Gasteiger partial charge is 0.211 e. The molecule has 0 saturated heterocycles. The normalized spacial score (nSPS) is 12.4. The highest BCUT2D eigenvalue weighted by molar-refractivity contribution is 5.34. The first kappa shape index (κ1) is 21.1. The standard InChI is InChI=1S/C21H31NO/c1-2-3-4-5-6-7-8-9-10-11-12-13-14-15-16-17-18-19-20-22-21-23/h11-20H,2-10H2,1H3. The lowest BCUT2D eigenvalue weighted by Gasteiger charge is -1.99. The number of hydrogen-bond acceptors (Lipinski definition) is 2. The predicted octanol–water partition coefficient (Wildman–Crippen LogP) is 6.59. The van der Waals surface area contributed by atoms with Gasteiger partial charge in [-0.25, -0.2) is 4.79 Å². The maximum Gasteiger partial charge on any atom is 0.239 e. The predicted molar refractivity (Wildman–Crippen MR) is 101 cm³/mol. The molecule has 0 saturated carbocycles. The van der Waals surface area contributed by atoms with Crippen LogP contribution in [0.5, 0.6) is 0 Å². The molecule has 0 amide bonds. The molecule has 0 fully saturated rings. The summed E-state index contributed by atoms with van der Waals surface area (Å²) in [7, 11) is 0. The van der Waals surface area contributed by atoms with E-state index in [1.807, 2.05) is 36.5 Å². The fraction of sp³-hybridized carbons (Fsp3) is 0.476. The molecule has 0 bridgehead atoms. The molecule has 0 aromatic carbocycles. The Morgan fingerprint density at radius 1 is 0.696 bits per heavy atom. The quantitative estimate of drug-likeness (QED) is 0.154. The van der Waals surface area contributed by atoms with Gasteiger partial charge in [-0.05, 0) is 18.9 Å². The molecule has 0 aromatic heterocycles. The Hall–Kier alpha value is -1.92. The summed E-state index contributed by atoms with van der Waals surface area (Å²) in [6.07, 6.45) is 32.6. The molecule has 0 aromatic rings. The summed E-state index contributed by atoms with van der Waals surface area (Å²) < 4.78 is 0. The Kier molecular flexibility index (Phi) is 18.4. The van der Waals surface area contributed by atoms with Crippen LogP contribution in [0.2, 0.25) is 0 Å². The number of aliphatic imine (C=N–C) groups is 1. The number of nitrogens with zero attached hydrogens (tertiary/aromatic N) is 1. The van der Waals surface area contributed by atoms with Crippen LogP contribution in [-0.2, 0) is 4.79 Å². The van der Waals surface area contributed by atoms with Crippen LogP contribution in [0.1, 0.15) is 64.7 Å². The van der Waals surface area contributed by atoms with Crippen molar-refractivity contribution in [3.8, 4) is 0 Å². The van der Waals surface area contributed by atoms with Crippen LogP contribution < -0.4 is 0 Å². The molecule has 0 unspecified atom stereocenters. The van der Waals surface area contributed by atoms with Crippen LogP contribution in [0.3, 0.4) is 0 Å². The number of rotatable bonds is 14.